The maximum absolute atomic E-state index is 12.2. The minimum absolute atomic E-state index is 0. The number of rotatable bonds is 5. The van der Waals surface area contributed by atoms with Crippen LogP contribution in [0, 0.1) is 5.92 Å². The molecule has 1 aliphatic rings. The second-order valence-electron chi connectivity index (χ2n) is 6.15. The molecule has 1 fully saturated rings. The number of piperidine rings is 1. The maximum Gasteiger partial charge on any atom is 0.193 e. The van der Waals surface area contributed by atoms with Crippen LogP contribution in [-0.2, 0) is 9.84 Å². The van der Waals surface area contributed by atoms with E-state index in [9.17, 15) is 8.42 Å². The third-order valence-electron chi connectivity index (χ3n) is 4.14. The molecule has 1 unspecified atom stereocenters. The van der Waals surface area contributed by atoms with E-state index in [-0.39, 0.29) is 29.7 Å². The van der Waals surface area contributed by atoms with Crippen molar-refractivity contribution in [3.63, 3.8) is 0 Å². The van der Waals surface area contributed by atoms with Crippen molar-refractivity contribution >= 4 is 39.8 Å². The zero-order valence-electron chi connectivity index (χ0n) is 14.4. The predicted octanol–water partition coefficient (Wildman–Crippen LogP) is 2.78. The summed E-state index contributed by atoms with van der Waals surface area (Å²) in [5.74, 6) is 1.71. The Morgan fingerprint density at radius 2 is 2.04 bits per heavy atom. The first-order valence-corrected chi connectivity index (χ1v) is 9.91. The molecule has 2 rings (SSSR count). The summed E-state index contributed by atoms with van der Waals surface area (Å²) in [7, 11) is -1.41. The third kappa shape index (κ3) is 6.23. The second kappa shape index (κ2) is 10.2. The first-order chi connectivity index (χ1) is 11.0. The number of hydrogen-bond acceptors (Lipinski definition) is 3. The zero-order chi connectivity index (χ0) is 16.7. The van der Waals surface area contributed by atoms with Gasteiger partial charge in [0.05, 0.1) is 10.6 Å². The van der Waals surface area contributed by atoms with E-state index in [1.807, 2.05) is 6.07 Å². The van der Waals surface area contributed by atoms with E-state index in [2.05, 4.69) is 22.1 Å². The number of nitrogens with one attached hydrogen (secondary N) is 1. The number of hydrogen-bond donors (Lipinski definition) is 1. The van der Waals surface area contributed by atoms with Gasteiger partial charge in [0.25, 0.3) is 0 Å². The van der Waals surface area contributed by atoms with E-state index < -0.39 is 9.84 Å². The molecular formula is C17H28IN3O2S. The standard InChI is InChI=1S/C17H27N3O2S.HI/c1-15-8-6-12-20(14-15)17(18-2)19-11-7-13-23(21,22)16-9-4-3-5-10-16;/h3-5,9-10,15H,6-8,11-14H2,1-2H3,(H,18,19);1H. The average molecular weight is 465 g/mol. The van der Waals surface area contributed by atoms with Gasteiger partial charge in [0.2, 0.25) is 0 Å². The van der Waals surface area contributed by atoms with Gasteiger partial charge in [0.15, 0.2) is 15.8 Å². The van der Waals surface area contributed by atoms with Gasteiger partial charge in [0, 0.05) is 26.7 Å². The van der Waals surface area contributed by atoms with Gasteiger partial charge in [-0.3, -0.25) is 4.99 Å². The Kier molecular flexibility index (Phi) is 9.04. The fraction of sp³-hybridized carbons (Fsp3) is 0.588. The van der Waals surface area contributed by atoms with Crippen molar-refractivity contribution in [3.05, 3.63) is 30.3 Å². The first-order valence-electron chi connectivity index (χ1n) is 8.26. The molecule has 0 amide bonds. The Morgan fingerprint density at radius 1 is 1.33 bits per heavy atom. The van der Waals surface area contributed by atoms with E-state index in [1.54, 1.807) is 31.3 Å². The highest BCUT2D eigenvalue weighted by atomic mass is 127. The molecule has 0 radical (unpaired) electrons. The van der Waals surface area contributed by atoms with Crippen molar-refractivity contribution in [1.82, 2.24) is 10.2 Å². The topological polar surface area (TPSA) is 61.8 Å². The maximum atomic E-state index is 12.2. The molecule has 0 aromatic heterocycles. The molecule has 1 aromatic rings. The smallest absolute Gasteiger partial charge is 0.193 e. The molecule has 1 aromatic carbocycles. The lowest BCUT2D eigenvalue weighted by Crippen LogP contribution is -2.46. The molecule has 7 heteroatoms. The molecule has 1 N–H and O–H groups in total. The minimum Gasteiger partial charge on any atom is -0.356 e. The SMILES string of the molecule is CN=C(NCCCS(=O)(=O)c1ccccc1)N1CCCC(C)C1.I. The molecular weight excluding hydrogens is 437 g/mol. The lowest BCUT2D eigenvalue weighted by Gasteiger charge is -2.33. The summed E-state index contributed by atoms with van der Waals surface area (Å²) in [4.78, 5) is 6.98. The summed E-state index contributed by atoms with van der Waals surface area (Å²) in [5, 5.41) is 3.30. The van der Waals surface area contributed by atoms with Crippen molar-refractivity contribution in [2.24, 2.45) is 10.9 Å². The summed E-state index contributed by atoms with van der Waals surface area (Å²) in [6.07, 6.45) is 3.02. The van der Waals surface area contributed by atoms with Crippen LogP contribution in [0.25, 0.3) is 0 Å². The normalized spacial score (nSPS) is 18.8. The molecule has 0 aliphatic carbocycles. The van der Waals surface area contributed by atoms with Crippen molar-refractivity contribution in [2.75, 3.05) is 32.4 Å². The number of likely N-dealkylation sites (tertiary alicyclic amines) is 1. The lowest BCUT2D eigenvalue weighted by molar-refractivity contribution is 0.266. The number of benzene rings is 1. The van der Waals surface area contributed by atoms with Gasteiger partial charge in [-0.1, -0.05) is 25.1 Å². The summed E-state index contributed by atoms with van der Waals surface area (Å²) in [6.45, 7) is 4.91. The molecule has 1 saturated heterocycles. The molecule has 1 aliphatic heterocycles. The highest BCUT2D eigenvalue weighted by Gasteiger charge is 2.19. The molecule has 0 saturated carbocycles. The second-order valence-corrected chi connectivity index (χ2v) is 8.26. The Hall–Kier alpha value is -0.830. The molecule has 24 heavy (non-hydrogen) atoms. The van der Waals surface area contributed by atoms with Crippen molar-refractivity contribution < 1.29 is 8.42 Å². The summed E-state index contributed by atoms with van der Waals surface area (Å²) in [5.41, 5.74) is 0. The predicted molar refractivity (Wildman–Crippen MR) is 110 cm³/mol. The largest absolute Gasteiger partial charge is 0.356 e. The average Bonchev–Trinajstić information content (AvgIpc) is 2.56. The number of aliphatic imine (C=N–C) groups is 1. The Bertz CT molecular complexity index is 620. The lowest BCUT2D eigenvalue weighted by atomic mass is 10.0. The van der Waals surface area contributed by atoms with Crippen molar-refractivity contribution in [2.45, 2.75) is 31.1 Å². The Balaban J connectivity index is 0.00000288. The molecule has 0 spiro atoms. The van der Waals surface area contributed by atoms with E-state index >= 15 is 0 Å². The summed E-state index contributed by atoms with van der Waals surface area (Å²) < 4.78 is 24.4. The summed E-state index contributed by atoms with van der Waals surface area (Å²) >= 11 is 0. The van der Waals surface area contributed by atoms with Crippen LogP contribution in [-0.4, -0.2) is 51.7 Å². The molecule has 1 heterocycles. The van der Waals surface area contributed by atoms with Crippen LogP contribution < -0.4 is 5.32 Å². The van der Waals surface area contributed by atoms with E-state index in [1.165, 1.54) is 12.8 Å². The molecule has 5 nitrogen and oxygen atoms in total. The molecule has 136 valence electrons. The van der Waals surface area contributed by atoms with Crippen LogP contribution in [0.4, 0.5) is 0 Å². The van der Waals surface area contributed by atoms with Crippen LogP contribution in [0.15, 0.2) is 40.2 Å². The van der Waals surface area contributed by atoms with Gasteiger partial charge in [-0.15, -0.1) is 24.0 Å². The van der Waals surface area contributed by atoms with Gasteiger partial charge in [0.1, 0.15) is 0 Å². The number of guanidine groups is 1. The number of halogens is 1. The van der Waals surface area contributed by atoms with Crippen LogP contribution in [0.2, 0.25) is 0 Å². The van der Waals surface area contributed by atoms with Crippen molar-refractivity contribution in [1.29, 1.82) is 0 Å². The highest BCUT2D eigenvalue weighted by molar-refractivity contribution is 14.0. The van der Waals surface area contributed by atoms with Gasteiger partial charge in [-0.05, 0) is 37.3 Å². The van der Waals surface area contributed by atoms with Crippen LogP contribution in [0.1, 0.15) is 26.2 Å². The summed E-state index contributed by atoms with van der Waals surface area (Å²) in [6, 6.07) is 8.63. The molecule has 0 bridgehead atoms. The fourth-order valence-electron chi connectivity index (χ4n) is 2.92. The van der Waals surface area contributed by atoms with Crippen LogP contribution in [0.5, 0.6) is 0 Å². The Morgan fingerprint density at radius 3 is 2.67 bits per heavy atom. The van der Waals surface area contributed by atoms with Crippen LogP contribution >= 0.6 is 24.0 Å². The van der Waals surface area contributed by atoms with Gasteiger partial charge in [-0.2, -0.15) is 0 Å². The van der Waals surface area contributed by atoms with Crippen LogP contribution in [0.3, 0.4) is 0 Å². The van der Waals surface area contributed by atoms with E-state index in [4.69, 9.17) is 0 Å². The molecule has 1 atom stereocenters. The van der Waals surface area contributed by atoms with E-state index in [0.29, 0.717) is 23.8 Å². The Labute approximate surface area is 162 Å². The zero-order valence-corrected chi connectivity index (χ0v) is 17.6. The number of sulfone groups is 1. The third-order valence-corrected chi connectivity index (χ3v) is 5.96. The fourth-order valence-corrected chi connectivity index (χ4v) is 4.25. The highest BCUT2D eigenvalue weighted by Crippen LogP contribution is 2.15. The monoisotopic (exact) mass is 465 g/mol. The van der Waals surface area contributed by atoms with Crippen molar-refractivity contribution in [3.8, 4) is 0 Å². The first kappa shape index (κ1) is 21.2. The quantitative estimate of drug-likeness (QED) is 0.315. The van der Waals surface area contributed by atoms with Gasteiger partial charge >= 0.3 is 0 Å². The number of nitrogens with zero attached hydrogens (tertiary/aromatic N) is 2. The van der Waals surface area contributed by atoms with E-state index in [0.717, 1.165) is 19.0 Å². The minimum atomic E-state index is -3.19. The van der Waals surface area contributed by atoms with Gasteiger partial charge in [-0.25, -0.2) is 8.42 Å². The van der Waals surface area contributed by atoms with Gasteiger partial charge < -0.3 is 10.2 Å².